The zero-order valence-electron chi connectivity index (χ0n) is 11.6. The molecule has 3 aromatic rings. The Labute approximate surface area is 121 Å². The van der Waals surface area contributed by atoms with Crippen LogP contribution < -0.4 is 10.5 Å². The van der Waals surface area contributed by atoms with Crippen LogP contribution in [0.5, 0.6) is 5.75 Å². The van der Waals surface area contributed by atoms with Crippen LogP contribution in [0.25, 0.3) is 23.0 Å². The molecule has 0 atom stereocenters. The van der Waals surface area contributed by atoms with Gasteiger partial charge in [-0.3, -0.25) is 0 Å². The molecule has 0 spiro atoms. The van der Waals surface area contributed by atoms with Crippen molar-refractivity contribution in [1.29, 1.82) is 0 Å². The molecular formula is C14H15N5O2. The Morgan fingerprint density at radius 3 is 3.00 bits per heavy atom. The summed E-state index contributed by atoms with van der Waals surface area (Å²) in [6, 6.07) is 7.50. The Morgan fingerprint density at radius 2 is 2.19 bits per heavy atom. The summed E-state index contributed by atoms with van der Waals surface area (Å²) < 4.78 is 12.4. The molecule has 7 nitrogen and oxygen atoms in total. The Morgan fingerprint density at radius 1 is 1.33 bits per heavy atom. The van der Waals surface area contributed by atoms with E-state index in [1.807, 2.05) is 35.0 Å². The third kappa shape index (κ3) is 2.63. The highest BCUT2D eigenvalue weighted by Gasteiger charge is 2.15. The van der Waals surface area contributed by atoms with Crippen molar-refractivity contribution in [2.45, 2.75) is 6.54 Å². The normalized spacial score (nSPS) is 10.8. The summed E-state index contributed by atoms with van der Waals surface area (Å²) in [6.07, 6.45) is 3.52. The predicted octanol–water partition coefficient (Wildman–Crippen LogP) is 1.57. The third-order valence-corrected chi connectivity index (χ3v) is 3.01. The number of hydrogen-bond donors (Lipinski definition) is 1. The average Bonchev–Trinajstić information content (AvgIpc) is 3.16. The summed E-state index contributed by atoms with van der Waals surface area (Å²) >= 11 is 0. The van der Waals surface area contributed by atoms with Crippen LogP contribution in [0.3, 0.4) is 0 Å². The maximum atomic E-state index is 5.51. The van der Waals surface area contributed by atoms with Crippen LogP contribution in [0.4, 0.5) is 0 Å². The molecule has 2 N–H and O–H groups in total. The van der Waals surface area contributed by atoms with Crippen molar-refractivity contribution in [3.8, 4) is 28.7 Å². The first-order chi connectivity index (χ1) is 10.3. The fourth-order valence-electron chi connectivity index (χ4n) is 2.01. The number of rotatable bonds is 5. The second-order valence-electron chi connectivity index (χ2n) is 4.41. The van der Waals surface area contributed by atoms with Gasteiger partial charge in [0.05, 0.1) is 19.0 Å². The van der Waals surface area contributed by atoms with E-state index in [2.05, 4.69) is 15.1 Å². The third-order valence-electron chi connectivity index (χ3n) is 3.01. The topological polar surface area (TPSA) is 92.0 Å². The minimum atomic E-state index is 0.367. The molecule has 21 heavy (non-hydrogen) atoms. The van der Waals surface area contributed by atoms with Crippen LogP contribution in [0.1, 0.15) is 0 Å². The molecule has 2 heterocycles. The van der Waals surface area contributed by atoms with Gasteiger partial charge in [0.1, 0.15) is 11.4 Å². The van der Waals surface area contributed by atoms with E-state index in [0.717, 1.165) is 5.56 Å². The van der Waals surface area contributed by atoms with Gasteiger partial charge in [0, 0.05) is 19.3 Å². The van der Waals surface area contributed by atoms with E-state index >= 15 is 0 Å². The van der Waals surface area contributed by atoms with Gasteiger partial charge < -0.3 is 19.6 Å². The van der Waals surface area contributed by atoms with E-state index in [4.69, 9.17) is 15.0 Å². The van der Waals surface area contributed by atoms with Gasteiger partial charge in [0.15, 0.2) is 0 Å². The molecule has 0 radical (unpaired) electrons. The maximum absolute atomic E-state index is 5.51. The summed E-state index contributed by atoms with van der Waals surface area (Å²) in [5.41, 5.74) is 6.90. The van der Waals surface area contributed by atoms with Crippen molar-refractivity contribution in [3.63, 3.8) is 0 Å². The van der Waals surface area contributed by atoms with Crippen molar-refractivity contribution in [3.05, 3.63) is 36.8 Å². The first-order valence-corrected chi connectivity index (χ1v) is 6.51. The number of hydrogen-bond acceptors (Lipinski definition) is 6. The molecule has 0 aliphatic heterocycles. The number of imidazole rings is 1. The van der Waals surface area contributed by atoms with Gasteiger partial charge in [-0.05, 0) is 12.1 Å². The fraction of sp³-hybridized carbons (Fsp3) is 0.214. The predicted molar refractivity (Wildman–Crippen MR) is 76.6 cm³/mol. The van der Waals surface area contributed by atoms with Crippen LogP contribution >= 0.6 is 0 Å². The molecule has 1 aromatic carbocycles. The molecule has 0 fully saturated rings. The van der Waals surface area contributed by atoms with Crippen LogP contribution in [0.15, 0.2) is 41.3 Å². The number of nitrogens with two attached hydrogens (primary N) is 1. The standard InChI is InChI=1S/C14H15N5O2/c1-20-12-5-3-2-4-10(12)13-17-14(21-18-13)11-8-19(7-6-15)9-16-11/h2-5,8-9H,6-7,15H2,1H3. The van der Waals surface area contributed by atoms with Gasteiger partial charge in [-0.15, -0.1) is 0 Å². The number of methoxy groups -OCH3 is 1. The summed E-state index contributed by atoms with van der Waals surface area (Å²) in [7, 11) is 1.61. The van der Waals surface area contributed by atoms with Crippen LogP contribution in [0.2, 0.25) is 0 Å². The number of para-hydroxylation sites is 1. The molecule has 0 amide bonds. The zero-order valence-corrected chi connectivity index (χ0v) is 11.6. The molecular weight excluding hydrogens is 270 g/mol. The van der Waals surface area contributed by atoms with Gasteiger partial charge in [0.25, 0.3) is 5.89 Å². The average molecular weight is 285 g/mol. The van der Waals surface area contributed by atoms with Crippen molar-refractivity contribution in [2.24, 2.45) is 5.73 Å². The lowest BCUT2D eigenvalue weighted by molar-refractivity contribution is 0.413. The number of aromatic nitrogens is 4. The summed E-state index contributed by atoms with van der Waals surface area (Å²) in [6.45, 7) is 1.24. The maximum Gasteiger partial charge on any atom is 0.278 e. The SMILES string of the molecule is COc1ccccc1-c1noc(-c2cn(CCN)cn2)n1. The molecule has 0 unspecified atom stereocenters. The molecule has 7 heteroatoms. The van der Waals surface area contributed by atoms with Crippen LogP contribution in [-0.4, -0.2) is 33.3 Å². The van der Waals surface area contributed by atoms with E-state index in [9.17, 15) is 0 Å². The Hall–Kier alpha value is -2.67. The van der Waals surface area contributed by atoms with E-state index < -0.39 is 0 Å². The first kappa shape index (κ1) is 13.3. The molecule has 3 rings (SSSR count). The van der Waals surface area contributed by atoms with E-state index in [1.165, 1.54) is 0 Å². The molecule has 0 saturated heterocycles. The minimum absolute atomic E-state index is 0.367. The quantitative estimate of drug-likeness (QED) is 0.765. The lowest BCUT2D eigenvalue weighted by atomic mass is 10.2. The molecule has 0 saturated carbocycles. The van der Waals surface area contributed by atoms with Crippen molar-refractivity contribution < 1.29 is 9.26 Å². The Bertz CT molecular complexity index is 734. The van der Waals surface area contributed by atoms with Crippen molar-refractivity contribution in [1.82, 2.24) is 19.7 Å². The van der Waals surface area contributed by atoms with E-state index in [-0.39, 0.29) is 0 Å². The second kappa shape index (κ2) is 5.76. The van der Waals surface area contributed by atoms with Gasteiger partial charge in [-0.25, -0.2) is 4.98 Å². The molecule has 0 aliphatic rings. The summed E-state index contributed by atoms with van der Waals surface area (Å²) in [5, 5.41) is 3.99. The Kier molecular flexibility index (Phi) is 3.65. The van der Waals surface area contributed by atoms with Gasteiger partial charge >= 0.3 is 0 Å². The smallest absolute Gasteiger partial charge is 0.278 e. The Balaban J connectivity index is 1.92. The highest BCUT2D eigenvalue weighted by atomic mass is 16.5. The summed E-state index contributed by atoms with van der Waals surface area (Å²) in [4.78, 5) is 8.60. The fourth-order valence-corrected chi connectivity index (χ4v) is 2.01. The van der Waals surface area contributed by atoms with Gasteiger partial charge in [-0.2, -0.15) is 4.98 Å². The molecule has 0 aliphatic carbocycles. The van der Waals surface area contributed by atoms with Crippen LogP contribution in [-0.2, 0) is 6.54 Å². The largest absolute Gasteiger partial charge is 0.496 e. The van der Waals surface area contributed by atoms with Gasteiger partial charge in [-0.1, -0.05) is 17.3 Å². The number of benzene rings is 1. The summed E-state index contributed by atoms with van der Waals surface area (Å²) in [5.74, 6) is 1.53. The second-order valence-corrected chi connectivity index (χ2v) is 4.41. The lowest BCUT2D eigenvalue weighted by Crippen LogP contribution is -2.07. The monoisotopic (exact) mass is 285 g/mol. The number of ether oxygens (including phenoxy) is 1. The van der Waals surface area contributed by atoms with Crippen molar-refractivity contribution >= 4 is 0 Å². The van der Waals surface area contributed by atoms with Crippen LogP contribution in [0, 0.1) is 0 Å². The molecule has 0 bridgehead atoms. The van der Waals surface area contributed by atoms with E-state index in [1.54, 1.807) is 13.4 Å². The first-order valence-electron chi connectivity index (χ1n) is 6.51. The van der Waals surface area contributed by atoms with Crippen molar-refractivity contribution in [2.75, 3.05) is 13.7 Å². The molecule has 2 aromatic heterocycles. The zero-order chi connectivity index (χ0) is 14.7. The number of nitrogens with zero attached hydrogens (tertiary/aromatic N) is 4. The minimum Gasteiger partial charge on any atom is -0.496 e. The van der Waals surface area contributed by atoms with Gasteiger partial charge in [0.2, 0.25) is 5.82 Å². The lowest BCUT2D eigenvalue weighted by Gasteiger charge is -2.02. The van der Waals surface area contributed by atoms with E-state index in [0.29, 0.717) is 36.2 Å². The highest BCUT2D eigenvalue weighted by Crippen LogP contribution is 2.28. The molecule has 108 valence electrons. The highest BCUT2D eigenvalue weighted by molar-refractivity contribution is 5.65.